The van der Waals surface area contributed by atoms with E-state index in [0.29, 0.717) is 12.0 Å². The van der Waals surface area contributed by atoms with Crippen LogP contribution in [-0.4, -0.2) is 16.3 Å². The number of aromatic nitrogens is 2. The highest BCUT2D eigenvalue weighted by Gasteiger charge is 2.15. The quantitative estimate of drug-likeness (QED) is 0.780. The molecule has 1 N–H and O–H groups in total. The van der Waals surface area contributed by atoms with Crippen molar-refractivity contribution in [2.45, 2.75) is 46.7 Å². The second kappa shape index (κ2) is 5.91. The van der Waals surface area contributed by atoms with Gasteiger partial charge >= 0.3 is 0 Å². The Hall–Kier alpha value is -0.830. The van der Waals surface area contributed by atoms with E-state index in [4.69, 9.17) is 0 Å². The first kappa shape index (κ1) is 12.2. The van der Waals surface area contributed by atoms with Crippen molar-refractivity contribution in [3.05, 3.63) is 18.0 Å². The smallest absolute Gasteiger partial charge is 0.0553 e. The molecule has 1 heterocycles. The molecule has 86 valence electrons. The van der Waals surface area contributed by atoms with Crippen molar-refractivity contribution in [1.82, 2.24) is 15.1 Å². The van der Waals surface area contributed by atoms with Crippen molar-refractivity contribution < 1.29 is 0 Å². The van der Waals surface area contributed by atoms with Crippen LogP contribution in [0.4, 0.5) is 0 Å². The molecule has 1 atom stereocenters. The van der Waals surface area contributed by atoms with Gasteiger partial charge in [-0.25, -0.2) is 0 Å². The van der Waals surface area contributed by atoms with E-state index < -0.39 is 0 Å². The van der Waals surface area contributed by atoms with Gasteiger partial charge in [-0.1, -0.05) is 20.8 Å². The molecule has 0 spiro atoms. The molecule has 0 aliphatic carbocycles. The van der Waals surface area contributed by atoms with E-state index in [0.717, 1.165) is 13.1 Å². The van der Waals surface area contributed by atoms with E-state index in [2.05, 4.69) is 48.9 Å². The van der Waals surface area contributed by atoms with E-state index in [1.54, 1.807) is 0 Å². The fourth-order valence-corrected chi connectivity index (χ4v) is 1.93. The average molecular weight is 209 g/mol. The van der Waals surface area contributed by atoms with Gasteiger partial charge in [0.1, 0.15) is 0 Å². The molecule has 0 saturated carbocycles. The van der Waals surface area contributed by atoms with Crippen LogP contribution in [0, 0.1) is 5.92 Å². The van der Waals surface area contributed by atoms with Gasteiger partial charge in [0.25, 0.3) is 0 Å². The summed E-state index contributed by atoms with van der Waals surface area (Å²) in [6.45, 7) is 10.8. The molecule has 1 unspecified atom stereocenters. The number of rotatable bonds is 6. The molecule has 0 aliphatic heterocycles. The Balaban J connectivity index is 2.78. The Morgan fingerprint density at radius 3 is 2.67 bits per heavy atom. The van der Waals surface area contributed by atoms with Gasteiger partial charge in [-0.3, -0.25) is 4.68 Å². The molecule has 1 aromatic rings. The summed E-state index contributed by atoms with van der Waals surface area (Å²) in [4.78, 5) is 0. The fourth-order valence-electron chi connectivity index (χ4n) is 1.93. The van der Waals surface area contributed by atoms with Gasteiger partial charge < -0.3 is 5.32 Å². The molecule has 0 fully saturated rings. The maximum atomic E-state index is 4.32. The molecule has 3 nitrogen and oxygen atoms in total. The molecule has 0 radical (unpaired) electrons. The van der Waals surface area contributed by atoms with Crippen LogP contribution in [0.2, 0.25) is 0 Å². The lowest BCUT2D eigenvalue weighted by Crippen LogP contribution is -2.25. The predicted molar refractivity (Wildman–Crippen MR) is 63.8 cm³/mol. The summed E-state index contributed by atoms with van der Waals surface area (Å²) in [6, 6.07) is 2.57. The third-order valence-electron chi connectivity index (χ3n) is 2.56. The largest absolute Gasteiger partial charge is 0.309 e. The van der Waals surface area contributed by atoms with E-state index >= 15 is 0 Å². The summed E-state index contributed by atoms with van der Waals surface area (Å²) in [5, 5.41) is 7.85. The first-order valence-electron chi connectivity index (χ1n) is 5.94. The molecule has 15 heavy (non-hydrogen) atoms. The lowest BCUT2D eigenvalue weighted by atomic mass is 10.0. The van der Waals surface area contributed by atoms with Crippen molar-refractivity contribution >= 4 is 0 Å². The van der Waals surface area contributed by atoms with Crippen molar-refractivity contribution in [1.29, 1.82) is 0 Å². The van der Waals surface area contributed by atoms with Gasteiger partial charge in [0.05, 0.1) is 5.69 Å². The van der Waals surface area contributed by atoms with E-state index in [9.17, 15) is 0 Å². The monoisotopic (exact) mass is 209 g/mol. The predicted octanol–water partition coefficient (Wildman–Crippen LogP) is 2.60. The highest BCUT2D eigenvalue weighted by Crippen LogP contribution is 2.20. The Kier molecular flexibility index (Phi) is 4.82. The van der Waals surface area contributed by atoms with Crippen LogP contribution < -0.4 is 5.32 Å². The molecular weight excluding hydrogens is 186 g/mol. The lowest BCUT2D eigenvalue weighted by molar-refractivity contribution is 0.411. The topological polar surface area (TPSA) is 29.9 Å². The second-order valence-electron chi connectivity index (χ2n) is 4.31. The van der Waals surface area contributed by atoms with Crippen molar-refractivity contribution in [3.63, 3.8) is 0 Å². The van der Waals surface area contributed by atoms with Gasteiger partial charge in [-0.15, -0.1) is 0 Å². The summed E-state index contributed by atoms with van der Waals surface area (Å²) in [5.41, 5.74) is 1.31. The molecule has 3 heteroatoms. The molecular formula is C12H23N3. The Morgan fingerprint density at radius 1 is 1.40 bits per heavy atom. The molecule has 0 aromatic carbocycles. The molecule has 0 amide bonds. The van der Waals surface area contributed by atoms with Gasteiger partial charge in [0, 0.05) is 18.8 Å². The number of aryl methyl sites for hydroxylation is 1. The second-order valence-corrected chi connectivity index (χ2v) is 4.31. The maximum Gasteiger partial charge on any atom is 0.0553 e. The van der Waals surface area contributed by atoms with Crippen LogP contribution in [0.1, 0.15) is 45.9 Å². The van der Waals surface area contributed by atoms with Crippen LogP contribution >= 0.6 is 0 Å². The summed E-state index contributed by atoms with van der Waals surface area (Å²) in [7, 11) is 0. The fraction of sp³-hybridized carbons (Fsp3) is 0.750. The Morgan fingerprint density at radius 2 is 2.13 bits per heavy atom. The first-order valence-corrected chi connectivity index (χ1v) is 5.94. The zero-order valence-corrected chi connectivity index (χ0v) is 10.3. The van der Waals surface area contributed by atoms with Crippen LogP contribution in [-0.2, 0) is 6.54 Å². The van der Waals surface area contributed by atoms with E-state index in [1.165, 1.54) is 12.1 Å². The number of nitrogens with one attached hydrogen (secondary N) is 1. The molecule has 0 bridgehead atoms. The molecule has 1 aromatic heterocycles. The summed E-state index contributed by atoms with van der Waals surface area (Å²) >= 11 is 0. The molecule has 1 rings (SSSR count). The Bertz CT molecular complexity index is 278. The Labute approximate surface area is 92.9 Å². The third kappa shape index (κ3) is 3.34. The highest BCUT2D eigenvalue weighted by atomic mass is 15.3. The van der Waals surface area contributed by atoms with Gasteiger partial charge in [-0.05, 0) is 31.9 Å². The number of hydrogen-bond acceptors (Lipinski definition) is 2. The third-order valence-corrected chi connectivity index (χ3v) is 2.56. The number of nitrogens with zero attached hydrogens (tertiary/aromatic N) is 2. The number of hydrogen-bond donors (Lipinski definition) is 1. The van der Waals surface area contributed by atoms with Crippen molar-refractivity contribution in [2.75, 3.05) is 6.54 Å². The summed E-state index contributed by atoms with van der Waals surface area (Å²) in [5.74, 6) is 0.703. The van der Waals surface area contributed by atoms with Gasteiger partial charge in [0.15, 0.2) is 0 Å². The minimum atomic E-state index is 0.442. The molecule has 0 saturated heterocycles. The first-order chi connectivity index (χ1) is 7.19. The van der Waals surface area contributed by atoms with Gasteiger partial charge in [0.2, 0.25) is 0 Å². The van der Waals surface area contributed by atoms with Gasteiger partial charge in [-0.2, -0.15) is 5.10 Å². The van der Waals surface area contributed by atoms with Crippen molar-refractivity contribution in [2.24, 2.45) is 5.92 Å². The SMILES string of the molecule is CCNC(CC(C)C)c1ccnn1CC. The van der Waals surface area contributed by atoms with Crippen LogP contribution in [0.3, 0.4) is 0 Å². The van der Waals surface area contributed by atoms with Crippen LogP contribution in [0.15, 0.2) is 12.3 Å². The molecule has 0 aliphatic rings. The average Bonchev–Trinajstić information content (AvgIpc) is 2.64. The normalized spacial score (nSPS) is 13.4. The van der Waals surface area contributed by atoms with E-state index in [-0.39, 0.29) is 0 Å². The zero-order chi connectivity index (χ0) is 11.3. The standard InChI is InChI=1S/C12H23N3/c1-5-13-11(9-10(3)4)12-7-8-14-15(12)6-2/h7-8,10-11,13H,5-6,9H2,1-4H3. The maximum absolute atomic E-state index is 4.32. The van der Waals surface area contributed by atoms with E-state index in [1.807, 2.05) is 6.20 Å². The summed E-state index contributed by atoms with van der Waals surface area (Å²) < 4.78 is 2.08. The van der Waals surface area contributed by atoms with Crippen LogP contribution in [0.5, 0.6) is 0 Å². The lowest BCUT2D eigenvalue weighted by Gasteiger charge is -2.20. The summed E-state index contributed by atoms with van der Waals surface area (Å²) in [6.07, 6.45) is 3.06. The zero-order valence-electron chi connectivity index (χ0n) is 10.3. The minimum Gasteiger partial charge on any atom is -0.309 e. The van der Waals surface area contributed by atoms with Crippen molar-refractivity contribution in [3.8, 4) is 0 Å². The minimum absolute atomic E-state index is 0.442. The highest BCUT2D eigenvalue weighted by molar-refractivity contribution is 5.07. The van der Waals surface area contributed by atoms with Crippen LogP contribution in [0.25, 0.3) is 0 Å².